The number of aromatic nitrogens is 3. The van der Waals surface area contributed by atoms with E-state index in [0.29, 0.717) is 5.69 Å². The van der Waals surface area contributed by atoms with Gasteiger partial charge in [0.2, 0.25) is 0 Å². The van der Waals surface area contributed by atoms with Crippen molar-refractivity contribution in [2.24, 2.45) is 5.92 Å². The highest BCUT2D eigenvalue weighted by atomic mass is 16.1. The Bertz CT molecular complexity index is 542. The van der Waals surface area contributed by atoms with Crippen LogP contribution in [0.1, 0.15) is 50.0 Å². The monoisotopic (exact) mass is 271 g/mol. The molecule has 0 atom stereocenters. The Balaban J connectivity index is 2.29. The molecule has 4 heteroatoms. The van der Waals surface area contributed by atoms with Gasteiger partial charge < -0.3 is 0 Å². The second kappa shape index (κ2) is 6.98. The van der Waals surface area contributed by atoms with Crippen LogP contribution in [0.2, 0.25) is 0 Å². The molecule has 1 heterocycles. The summed E-state index contributed by atoms with van der Waals surface area (Å²) in [6.45, 7) is 4.23. The van der Waals surface area contributed by atoms with E-state index in [1.54, 1.807) is 10.9 Å². The Morgan fingerprint density at radius 2 is 1.80 bits per heavy atom. The lowest BCUT2D eigenvalue weighted by Crippen LogP contribution is -2.18. The Labute approximate surface area is 119 Å². The minimum Gasteiger partial charge on any atom is -0.292 e. The minimum absolute atomic E-state index is 0.0750. The zero-order chi connectivity index (χ0) is 14.4. The van der Waals surface area contributed by atoms with Gasteiger partial charge in [-0.1, -0.05) is 50.1 Å². The summed E-state index contributed by atoms with van der Waals surface area (Å²) in [5.41, 5.74) is 1.46. The van der Waals surface area contributed by atoms with Crippen LogP contribution in [0.15, 0.2) is 36.5 Å². The highest BCUT2D eigenvalue weighted by molar-refractivity contribution is 5.96. The van der Waals surface area contributed by atoms with Crippen molar-refractivity contribution in [2.45, 2.75) is 39.5 Å². The molecule has 4 nitrogen and oxygen atoms in total. The van der Waals surface area contributed by atoms with Crippen molar-refractivity contribution in [1.82, 2.24) is 15.0 Å². The van der Waals surface area contributed by atoms with Crippen LogP contribution < -0.4 is 0 Å². The number of carbonyl (C=O) groups excluding carboxylic acids is 1. The average molecular weight is 271 g/mol. The quantitative estimate of drug-likeness (QED) is 0.722. The number of hydrogen-bond donors (Lipinski definition) is 0. The smallest absolute Gasteiger partial charge is 0.186 e. The van der Waals surface area contributed by atoms with E-state index in [9.17, 15) is 4.79 Å². The van der Waals surface area contributed by atoms with Gasteiger partial charge in [-0.2, -0.15) is 0 Å². The molecule has 0 N–H and O–H groups in total. The predicted molar refractivity (Wildman–Crippen MR) is 79.0 cm³/mol. The lowest BCUT2D eigenvalue weighted by molar-refractivity contribution is 0.0897. The van der Waals surface area contributed by atoms with Crippen molar-refractivity contribution in [3.8, 4) is 5.69 Å². The topological polar surface area (TPSA) is 47.8 Å². The molecule has 0 aliphatic carbocycles. The molecule has 106 valence electrons. The maximum Gasteiger partial charge on any atom is 0.186 e. The third kappa shape index (κ3) is 3.13. The summed E-state index contributed by atoms with van der Waals surface area (Å²) >= 11 is 0. The SMILES string of the molecule is CCCC(CCC)C(=O)c1cnnn1-c1ccccc1. The number of Topliss-reactive ketones (excluding diaryl/α,β-unsaturated/α-hetero) is 1. The molecule has 2 rings (SSSR count). The first-order valence-corrected chi connectivity index (χ1v) is 7.28. The summed E-state index contributed by atoms with van der Waals surface area (Å²) in [7, 11) is 0. The molecule has 1 aromatic heterocycles. The average Bonchev–Trinajstić information content (AvgIpc) is 2.96. The summed E-state index contributed by atoms with van der Waals surface area (Å²) in [5, 5.41) is 7.97. The number of para-hydroxylation sites is 1. The molecule has 0 fully saturated rings. The van der Waals surface area contributed by atoms with Crippen molar-refractivity contribution in [3.63, 3.8) is 0 Å². The molecule has 2 aromatic rings. The van der Waals surface area contributed by atoms with Crippen LogP contribution >= 0.6 is 0 Å². The predicted octanol–water partition coefficient (Wildman–Crippen LogP) is 3.67. The largest absolute Gasteiger partial charge is 0.292 e. The van der Waals surface area contributed by atoms with Gasteiger partial charge in [0.1, 0.15) is 5.69 Å². The van der Waals surface area contributed by atoms with Gasteiger partial charge in [0.15, 0.2) is 5.78 Å². The molecule has 20 heavy (non-hydrogen) atoms. The third-order valence-electron chi connectivity index (χ3n) is 3.45. The summed E-state index contributed by atoms with van der Waals surface area (Å²) in [6.07, 6.45) is 5.46. The van der Waals surface area contributed by atoms with Gasteiger partial charge >= 0.3 is 0 Å². The highest BCUT2D eigenvalue weighted by Gasteiger charge is 2.22. The molecule has 0 saturated heterocycles. The van der Waals surface area contributed by atoms with Gasteiger partial charge in [-0.25, -0.2) is 4.68 Å². The molecule has 0 amide bonds. The zero-order valence-electron chi connectivity index (χ0n) is 12.1. The van der Waals surface area contributed by atoms with E-state index >= 15 is 0 Å². The normalized spacial score (nSPS) is 10.9. The maximum absolute atomic E-state index is 12.7. The lowest BCUT2D eigenvalue weighted by atomic mass is 9.92. The van der Waals surface area contributed by atoms with Crippen molar-refractivity contribution >= 4 is 5.78 Å². The third-order valence-corrected chi connectivity index (χ3v) is 3.45. The van der Waals surface area contributed by atoms with Crippen molar-refractivity contribution < 1.29 is 4.79 Å². The minimum atomic E-state index is 0.0750. The van der Waals surface area contributed by atoms with Gasteiger partial charge in [-0.05, 0) is 25.0 Å². The van der Waals surface area contributed by atoms with Gasteiger partial charge in [0, 0.05) is 5.92 Å². The molecule has 0 radical (unpaired) electrons. The first kappa shape index (κ1) is 14.4. The number of nitrogens with zero attached hydrogens (tertiary/aromatic N) is 3. The number of ketones is 1. The van der Waals surface area contributed by atoms with Crippen LogP contribution in [0.25, 0.3) is 5.69 Å². The molecule has 0 aliphatic heterocycles. The second-order valence-electron chi connectivity index (χ2n) is 5.01. The van der Waals surface area contributed by atoms with E-state index < -0.39 is 0 Å². The molecule has 0 unspecified atom stereocenters. The van der Waals surface area contributed by atoms with E-state index in [4.69, 9.17) is 0 Å². The van der Waals surface area contributed by atoms with Crippen LogP contribution in [0.3, 0.4) is 0 Å². The Kier molecular flexibility index (Phi) is 5.04. The van der Waals surface area contributed by atoms with Crippen LogP contribution in [0, 0.1) is 5.92 Å². The van der Waals surface area contributed by atoms with Gasteiger partial charge in [-0.3, -0.25) is 4.79 Å². The fraction of sp³-hybridized carbons (Fsp3) is 0.438. The second-order valence-corrected chi connectivity index (χ2v) is 5.01. The summed E-state index contributed by atoms with van der Waals surface area (Å²) < 4.78 is 1.64. The fourth-order valence-electron chi connectivity index (χ4n) is 2.48. The maximum atomic E-state index is 12.7. The molecule has 0 bridgehead atoms. The van der Waals surface area contributed by atoms with E-state index in [-0.39, 0.29) is 11.7 Å². The van der Waals surface area contributed by atoms with Crippen LogP contribution in [-0.4, -0.2) is 20.8 Å². The molecular weight excluding hydrogens is 250 g/mol. The Morgan fingerprint density at radius 3 is 2.40 bits per heavy atom. The van der Waals surface area contributed by atoms with E-state index in [1.165, 1.54) is 0 Å². The Morgan fingerprint density at radius 1 is 1.15 bits per heavy atom. The standard InChI is InChI=1S/C16H21N3O/c1-3-8-13(9-4-2)16(20)15-12-17-18-19(15)14-10-6-5-7-11-14/h5-7,10-13H,3-4,8-9H2,1-2H3. The highest BCUT2D eigenvalue weighted by Crippen LogP contribution is 2.20. The number of hydrogen-bond acceptors (Lipinski definition) is 3. The summed E-state index contributed by atoms with van der Waals surface area (Å²) in [4.78, 5) is 12.7. The molecule has 1 aromatic carbocycles. The first-order valence-electron chi connectivity index (χ1n) is 7.28. The number of rotatable bonds is 7. The van der Waals surface area contributed by atoms with Gasteiger partial charge in [0.05, 0.1) is 11.9 Å². The van der Waals surface area contributed by atoms with Crippen LogP contribution in [-0.2, 0) is 0 Å². The van der Waals surface area contributed by atoms with Gasteiger partial charge in [0.25, 0.3) is 0 Å². The zero-order valence-corrected chi connectivity index (χ0v) is 12.1. The molecule has 0 spiro atoms. The summed E-state index contributed by atoms with van der Waals surface area (Å²) in [5.74, 6) is 0.230. The van der Waals surface area contributed by atoms with Crippen molar-refractivity contribution in [3.05, 3.63) is 42.2 Å². The van der Waals surface area contributed by atoms with E-state index in [0.717, 1.165) is 31.4 Å². The van der Waals surface area contributed by atoms with E-state index in [2.05, 4.69) is 24.2 Å². The number of carbonyl (C=O) groups is 1. The van der Waals surface area contributed by atoms with Crippen LogP contribution in [0.4, 0.5) is 0 Å². The van der Waals surface area contributed by atoms with E-state index in [1.807, 2.05) is 30.3 Å². The lowest BCUT2D eigenvalue weighted by Gasteiger charge is -2.14. The Hall–Kier alpha value is -1.97. The van der Waals surface area contributed by atoms with Gasteiger partial charge in [-0.15, -0.1) is 5.10 Å². The number of benzene rings is 1. The van der Waals surface area contributed by atoms with Crippen molar-refractivity contribution in [2.75, 3.05) is 0 Å². The molecule has 0 aliphatic rings. The molecular formula is C16H21N3O. The summed E-state index contributed by atoms with van der Waals surface area (Å²) in [6, 6.07) is 9.67. The molecule has 0 saturated carbocycles. The fourth-order valence-corrected chi connectivity index (χ4v) is 2.48. The van der Waals surface area contributed by atoms with Crippen LogP contribution in [0.5, 0.6) is 0 Å². The van der Waals surface area contributed by atoms with Crippen molar-refractivity contribution in [1.29, 1.82) is 0 Å². The first-order chi connectivity index (χ1) is 9.77.